The quantitative estimate of drug-likeness (QED) is 0.260. The molecule has 0 aromatic heterocycles. The number of aryl methyl sites for hydroxylation is 4. The van der Waals surface area contributed by atoms with E-state index in [-0.39, 0.29) is 5.75 Å². The number of aliphatic imine (C=N–C) groups is 2. The molecule has 0 radical (unpaired) electrons. The van der Waals surface area contributed by atoms with Gasteiger partial charge in [0.2, 0.25) is 5.66 Å². The molecular weight excluding hydrogens is 470 g/mol. The molecule has 1 heterocycles. The van der Waals surface area contributed by atoms with Gasteiger partial charge in [0, 0.05) is 17.2 Å². The monoisotopic (exact) mass is 511 g/mol. The first-order chi connectivity index (χ1) is 18.3. The minimum Gasteiger partial charge on any atom is -0.507 e. The van der Waals surface area contributed by atoms with Crippen LogP contribution in [0.15, 0.2) is 64.6 Å². The van der Waals surface area contributed by atoms with Gasteiger partial charge in [0.1, 0.15) is 17.3 Å². The van der Waals surface area contributed by atoms with Gasteiger partial charge in [-0.1, -0.05) is 86.6 Å². The van der Waals surface area contributed by atoms with Gasteiger partial charge in [0.25, 0.3) is 0 Å². The molecule has 3 aromatic rings. The molecule has 0 spiro atoms. The minimum absolute atomic E-state index is 0.127. The highest BCUT2D eigenvalue weighted by Gasteiger charge is 2.38. The molecule has 0 saturated carbocycles. The Hall–Kier alpha value is -3.60. The van der Waals surface area contributed by atoms with Crippen LogP contribution in [0.4, 0.5) is 0 Å². The molecule has 0 aliphatic carbocycles. The second-order valence-electron chi connectivity index (χ2n) is 10.5. The Morgan fingerprint density at radius 1 is 0.789 bits per heavy atom. The van der Waals surface area contributed by atoms with Crippen molar-refractivity contribution in [2.75, 3.05) is 6.61 Å². The average molecular weight is 512 g/mol. The third-order valence-electron chi connectivity index (χ3n) is 7.23. The summed E-state index contributed by atoms with van der Waals surface area (Å²) in [6, 6.07) is 18.2. The van der Waals surface area contributed by atoms with E-state index >= 15 is 0 Å². The Morgan fingerprint density at radius 3 is 2.03 bits per heavy atom. The zero-order valence-corrected chi connectivity index (χ0v) is 23.5. The van der Waals surface area contributed by atoms with Gasteiger partial charge in [0.15, 0.2) is 0 Å². The first kappa shape index (κ1) is 27.4. The molecule has 0 atom stereocenters. The summed E-state index contributed by atoms with van der Waals surface area (Å²) in [7, 11) is 0. The van der Waals surface area contributed by atoms with Gasteiger partial charge >= 0.3 is 0 Å². The molecule has 0 saturated heterocycles. The predicted molar refractivity (Wildman–Crippen MR) is 158 cm³/mol. The van der Waals surface area contributed by atoms with Crippen molar-refractivity contribution in [2.45, 2.75) is 78.8 Å². The van der Waals surface area contributed by atoms with E-state index in [1.54, 1.807) is 12.4 Å². The highest BCUT2D eigenvalue weighted by molar-refractivity contribution is 6.07. The Labute approximate surface area is 227 Å². The highest BCUT2D eigenvalue weighted by atomic mass is 16.5. The zero-order valence-electron chi connectivity index (χ0n) is 23.5. The summed E-state index contributed by atoms with van der Waals surface area (Å²) in [6.07, 6.45) is 8.97. The van der Waals surface area contributed by atoms with Crippen LogP contribution in [0.3, 0.4) is 0 Å². The fourth-order valence-electron chi connectivity index (χ4n) is 5.24. The first-order valence-corrected chi connectivity index (χ1v) is 13.9. The molecule has 5 nitrogen and oxygen atoms in total. The van der Waals surface area contributed by atoms with Crippen LogP contribution in [0.2, 0.25) is 0 Å². The van der Waals surface area contributed by atoms with Gasteiger partial charge in [-0.3, -0.25) is 0 Å². The molecular formula is C33H41N3O2. The Bertz CT molecular complexity index is 1270. The Balaban J connectivity index is 1.65. The van der Waals surface area contributed by atoms with E-state index in [1.807, 2.05) is 12.1 Å². The molecule has 0 bridgehead atoms. The van der Waals surface area contributed by atoms with Crippen LogP contribution in [0.1, 0.15) is 84.4 Å². The van der Waals surface area contributed by atoms with Crippen molar-refractivity contribution in [1.82, 2.24) is 5.32 Å². The molecule has 4 rings (SSSR count). The second-order valence-corrected chi connectivity index (χ2v) is 10.5. The summed E-state index contributed by atoms with van der Waals surface area (Å²) in [5.41, 5.74) is 6.31. The number of hydrogen-bond donors (Lipinski definition) is 2. The lowest BCUT2D eigenvalue weighted by Crippen LogP contribution is -2.37. The largest absolute Gasteiger partial charge is 0.507 e. The first-order valence-electron chi connectivity index (χ1n) is 13.9. The predicted octanol–water partition coefficient (Wildman–Crippen LogP) is 7.64. The lowest BCUT2D eigenvalue weighted by Gasteiger charge is -2.33. The van der Waals surface area contributed by atoms with E-state index in [1.165, 1.54) is 43.2 Å². The zero-order chi connectivity index (χ0) is 27.1. The average Bonchev–Trinajstić information content (AvgIpc) is 2.88. The number of nitrogens with zero attached hydrogens (tertiary/aromatic N) is 2. The van der Waals surface area contributed by atoms with E-state index in [0.29, 0.717) is 23.8 Å². The SMILES string of the molecule is CCCCCCCCOc1ccc(C2=NC(c3ccc(C)cc3C)(c3ccc(C)cc3C)N=CN2)c(O)c1. The maximum atomic E-state index is 11.0. The van der Waals surface area contributed by atoms with E-state index in [0.717, 1.165) is 28.7 Å². The van der Waals surface area contributed by atoms with Crippen molar-refractivity contribution in [2.24, 2.45) is 9.98 Å². The molecule has 0 fully saturated rings. The standard InChI is InChI=1S/C33H41N3O2/c1-6-7-8-9-10-11-18-38-27-14-15-28(31(37)21-27)32-34-22-35-33(36-32,29-16-12-23(2)19-25(29)4)30-17-13-24(3)20-26(30)5/h12-17,19-22,37H,6-11,18H2,1-5H3,(H,34,35,36). The third-order valence-corrected chi connectivity index (χ3v) is 7.23. The topological polar surface area (TPSA) is 66.2 Å². The van der Waals surface area contributed by atoms with Crippen molar-refractivity contribution in [3.05, 3.63) is 93.5 Å². The van der Waals surface area contributed by atoms with E-state index in [4.69, 9.17) is 14.7 Å². The van der Waals surface area contributed by atoms with Crippen molar-refractivity contribution in [3.63, 3.8) is 0 Å². The smallest absolute Gasteiger partial charge is 0.205 e. The molecule has 1 aliphatic heterocycles. The number of phenolic OH excluding ortho intramolecular Hbond substituents is 1. The number of rotatable bonds is 11. The summed E-state index contributed by atoms with van der Waals surface area (Å²) in [5, 5.41) is 14.2. The van der Waals surface area contributed by atoms with Gasteiger partial charge in [-0.25, -0.2) is 9.98 Å². The van der Waals surface area contributed by atoms with Crippen LogP contribution >= 0.6 is 0 Å². The molecule has 0 unspecified atom stereocenters. The summed E-state index contributed by atoms with van der Waals surface area (Å²) < 4.78 is 5.92. The Kier molecular flexibility index (Phi) is 8.88. The van der Waals surface area contributed by atoms with Crippen molar-refractivity contribution in [3.8, 4) is 11.5 Å². The summed E-state index contributed by atoms with van der Waals surface area (Å²) in [6.45, 7) is 11.3. The lowest BCUT2D eigenvalue weighted by atomic mass is 9.85. The van der Waals surface area contributed by atoms with Crippen molar-refractivity contribution < 1.29 is 9.84 Å². The van der Waals surface area contributed by atoms with Gasteiger partial charge < -0.3 is 15.2 Å². The number of aromatic hydroxyl groups is 1. The molecule has 3 aromatic carbocycles. The van der Waals surface area contributed by atoms with E-state index in [9.17, 15) is 5.11 Å². The number of hydrogen-bond acceptors (Lipinski definition) is 5. The third kappa shape index (κ3) is 6.09. The van der Waals surface area contributed by atoms with Crippen LogP contribution in [-0.2, 0) is 5.66 Å². The fourth-order valence-corrected chi connectivity index (χ4v) is 5.24. The molecule has 38 heavy (non-hydrogen) atoms. The van der Waals surface area contributed by atoms with Gasteiger partial charge in [0.05, 0.1) is 18.5 Å². The van der Waals surface area contributed by atoms with Gasteiger partial charge in [-0.15, -0.1) is 0 Å². The number of unbranched alkanes of at least 4 members (excludes halogenated alkanes) is 5. The van der Waals surface area contributed by atoms with Crippen molar-refractivity contribution in [1.29, 1.82) is 0 Å². The van der Waals surface area contributed by atoms with Gasteiger partial charge in [-0.2, -0.15) is 0 Å². The number of benzene rings is 3. The number of phenols is 1. The van der Waals surface area contributed by atoms with Crippen LogP contribution in [0, 0.1) is 27.7 Å². The lowest BCUT2D eigenvalue weighted by molar-refractivity contribution is 0.302. The second kappa shape index (κ2) is 12.3. The molecule has 200 valence electrons. The summed E-state index contributed by atoms with van der Waals surface area (Å²) in [4.78, 5) is 10.2. The van der Waals surface area contributed by atoms with E-state index in [2.05, 4.69) is 76.3 Å². The highest BCUT2D eigenvalue weighted by Crippen LogP contribution is 2.41. The van der Waals surface area contributed by atoms with Gasteiger partial charge in [-0.05, 0) is 57.4 Å². The maximum Gasteiger partial charge on any atom is 0.205 e. The van der Waals surface area contributed by atoms with Crippen LogP contribution < -0.4 is 10.1 Å². The molecule has 2 N–H and O–H groups in total. The normalized spacial score (nSPS) is 14.2. The van der Waals surface area contributed by atoms with Crippen LogP contribution in [0.25, 0.3) is 0 Å². The number of ether oxygens (including phenoxy) is 1. The molecule has 1 aliphatic rings. The Morgan fingerprint density at radius 2 is 1.42 bits per heavy atom. The number of nitrogens with one attached hydrogen (secondary N) is 1. The van der Waals surface area contributed by atoms with Crippen LogP contribution in [0.5, 0.6) is 11.5 Å². The molecule has 0 amide bonds. The van der Waals surface area contributed by atoms with Crippen LogP contribution in [-0.4, -0.2) is 23.9 Å². The fraction of sp³-hybridized carbons (Fsp3) is 0.394. The molecule has 5 heteroatoms. The van der Waals surface area contributed by atoms with Crippen molar-refractivity contribution >= 4 is 12.2 Å². The minimum atomic E-state index is -0.963. The number of amidine groups is 1. The maximum absolute atomic E-state index is 11.0. The van der Waals surface area contributed by atoms with E-state index < -0.39 is 5.66 Å². The summed E-state index contributed by atoms with van der Waals surface area (Å²) >= 11 is 0. The summed E-state index contributed by atoms with van der Waals surface area (Å²) in [5.74, 6) is 1.36.